The summed E-state index contributed by atoms with van der Waals surface area (Å²) in [5.41, 5.74) is 1.49. The number of nitrogens with one attached hydrogen (secondary N) is 2. The van der Waals surface area contributed by atoms with Gasteiger partial charge in [-0.3, -0.25) is 19.8 Å². The Morgan fingerprint density at radius 3 is 2.71 bits per heavy atom. The molecule has 1 aliphatic heterocycles. The van der Waals surface area contributed by atoms with E-state index in [1.54, 1.807) is 24.5 Å². The number of hydrogen-bond donors (Lipinski definition) is 2. The Morgan fingerprint density at radius 1 is 1.21 bits per heavy atom. The predicted octanol–water partition coefficient (Wildman–Crippen LogP) is 2.82. The first-order valence-electron chi connectivity index (χ1n) is 9.28. The maximum Gasteiger partial charge on any atom is 0.238 e. The zero-order valence-corrected chi connectivity index (χ0v) is 15.3. The van der Waals surface area contributed by atoms with Gasteiger partial charge in [0.1, 0.15) is 11.6 Å². The van der Waals surface area contributed by atoms with Crippen LogP contribution in [0.3, 0.4) is 0 Å². The molecule has 0 saturated carbocycles. The molecule has 0 bridgehead atoms. The van der Waals surface area contributed by atoms with Gasteiger partial charge in [-0.25, -0.2) is 9.37 Å². The zero-order valence-electron chi connectivity index (χ0n) is 15.3. The number of likely N-dealkylation sites (tertiary alicyclic amines) is 1. The SMILES string of the molecule is O=C(CN1CCC(c2nc(-c3cccnc3)n[nH]2)CC1)Nc1ccc(F)cc1. The number of benzene rings is 1. The van der Waals surface area contributed by atoms with E-state index in [-0.39, 0.29) is 11.7 Å². The number of hydrogen-bond acceptors (Lipinski definition) is 5. The Labute approximate surface area is 162 Å². The van der Waals surface area contributed by atoms with E-state index in [4.69, 9.17) is 0 Å². The molecule has 8 heteroatoms. The number of H-pyrrole nitrogens is 1. The van der Waals surface area contributed by atoms with Gasteiger partial charge in [0.05, 0.1) is 6.54 Å². The Morgan fingerprint density at radius 2 is 2.00 bits per heavy atom. The van der Waals surface area contributed by atoms with Crippen molar-refractivity contribution in [2.45, 2.75) is 18.8 Å². The van der Waals surface area contributed by atoms with Crippen LogP contribution in [-0.4, -0.2) is 50.6 Å². The van der Waals surface area contributed by atoms with Gasteiger partial charge in [0.2, 0.25) is 5.91 Å². The normalized spacial score (nSPS) is 15.5. The van der Waals surface area contributed by atoms with Crippen molar-refractivity contribution >= 4 is 11.6 Å². The molecule has 0 spiro atoms. The van der Waals surface area contributed by atoms with Crippen LogP contribution >= 0.6 is 0 Å². The highest BCUT2D eigenvalue weighted by molar-refractivity contribution is 5.92. The highest BCUT2D eigenvalue weighted by Crippen LogP contribution is 2.26. The molecule has 0 unspecified atom stereocenters. The number of pyridine rings is 1. The number of aromatic nitrogens is 4. The van der Waals surface area contributed by atoms with Gasteiger partial charge in [0, 0.05) is 29.6 Å². The van der Waals surface area contributed by atoms with Crippen LogP contribution in [0.25, 0.3) is 11.4 Å². The molecule has 1 saturated heterocycles. The topological polar surface area (TPSA) is 86.8 Å². The summed E-state index contributed by atoms with van der Waals surface area (Å²) < 4.78 is 12.9. The van der Waals surface area contributed by atoms with Crippen LogP contribution < -0.4 is 5.32 Å². The van der Waals surface area contributed by atoms with E-state index in [1.165, 1.54) is 12.1 Å². The molecule has 1 aromatic carbocycles. The van der Waals surface area contributed by atoms with Crippen molar-refractivity contribution in [3.63, 3.8) is 0 Å². The van der Waals surface area contributed by atoms with Crippen LogP contribution in [0.2, 0.25) is 0 Å². The van der Waals surface area contributed by atoms with Crippen molar-refractivity contribution in [2.75, 3.05) is 25.0 Å². The van der Waals surface area contributed by atoms with Crippen molar-refractivity contribution < 1.29 is 9.18 Å². The number of halogens is 1. The molecular weight excluding hydrogens is 359 g/mol. The molecular formula is C20H21FN6O. The summed E-state index contributed by atoms with van der Waals surface area (Å²) in [5.74, 6) is 1.43. The number of piperidine rings is 1. The van der Waals surface area contributed by atoms with Crippen LogP contribution in [0, 0.1) is 5.82 Å². The molecule has 1 aliphatic rings. The largest absolute Gasteiger partial charge is 0.325 e. The van der Waals surface area contributed by atoms with Gasteiger partial charge in [-0.15, -0.1) is 0 Å². The highest BCUT2D eigenvalue weighted by atomic mass is 19.1. The lowest BCUT2D eigenvalue weighted by atomic mass is 9.96. The molecule has 4 rings (SSSR count). The third-order valence-electron chi connectivity index (χ3n) is 4.89. The molecule has 2 N–H and O–H groups in total. The number of carbonyl (C=O) groups excluding carboxylic acids is 1. The molecule has 144 valence electrons. The van der Waals surface area contributed by atoms with Crippen LogP contribution in [0.15, 0.2) is 48.8 Å². The van der Waals surface area contributed by atoms with Gasteiger partial charge in [0.15, 0.2) is 5.82 Å². The number of amides is 1. The Balaban J connectivity index is 1.28. The second-order valence-corrected chi connectivity index (χ2v) is 6.89. The summed E-state index contributed by atoms with van der Waals surface area (Å²) >= 11 is 0. The van der Waals surface area contributed by atoms with E-state index >= 15 is 0 Å². The quantitative estimate of drug-likeness (QED) is 0.711. The van der Waals surface area contributed by atoms with Crippen molar-refractivity contribution in [3.05, 3.63) is 60.4 Å². The maximum atomic E-state index is 12.9. The minimum Gasteiger partial charge on any atom is -0.325 e. The van der Waals surface area contributed by atoms with E-state index in [0.717, 1.165) is 37.3 Å². The second-order valence-electron chi connectivity index (χ2n) is 6.89. The van der Waals surface area contributed by atoms with Crippen LogP contribution in [0.4, 0.5) is 10.1 Å². The van der Waals surface area contributed by atoms with E-state index in [9.17, 15) is 9.18 Å². The van der Waals surface area contributed by atoms with Gasteiger partial charge >= 0.3 is 0 Å². The minimum atomic E-state index is -0.320. The van der Waals surface area contributed by atoms with Crippen LogP contribution in [0.5, 0.6) is 0 Å². The average molecular weight is 380 g/mol. The summed E-state index contributed by atoms with van der Waals surface area (Å²) in [7, 11) is 0. The maximum absolute atomic E-state index is 12.9. The molecule has 3 heterocycles. The number of rotatable bonds is 5. The summed E-state index contributed by atoms with van der Waals surface area (Å²) in [6.07, 6.45) is 5.28. The number of carbonyl (C=O) groups is 1. The van der Waals surface area contributed by atoms with E-state index < -0.39 is 0 Å². The minimum absolute atomic E-state index is 0.0939. The first-order valence-corrected chi connectivity index (χ1v) is 9.28. The molecule has 1 amide bonds. The average Bonchev–Trinajstić information content (AvgIpc) is 3.21. The molecule has 1 fully saturated rings. The summed E-state index contributed by atoms with van der Waals surface area (Å²) in [5, 5.41) is 10.2. The lowest BCUT2D eigenvalue weighted by molar-refractivity contribution is -0.117. The standard InChI is InChI=1S/C20H21FN6O/c21-16-3-5-17(6-4-16)23-18(28)13-27-10-7-14(8-11-27)19-24-20(26-25-19)15-2-1-9-22-12-15/h1-6,9,12,14H,7-8,10-11,13H2,(H,23,28)(H,24,25,26). The zero-order chi connectivity index (χ0) is 19.3. The first-order chi connectivity index (χ1) is 13.7. The van der Waals surface area contributed by atoms with E-state index in [1.807, 2.05) is 12.1 Å². The van der Waals surface area contributed by atoms with E-state index in [2.05, 4.69) is 30.4 Å². The van der Waals surface area contributed by atoms with Crippen molar-refractivity contribution in [2.24, 2.45) is 0 Å². The van der Waals surface area contributed by atoms with Gasteiger partial charge in [-0.05, 0) is 62.3 Å². The smallest absolute Gasteiger partial charge is 0.238 e. The highest BCUT2D eigenvalue weighted by Gasteiger charge is 2.24. The van der Waals surface area contributed by atoms with Crippen molar-refractivity contribution in [3.8, 4) is 11.4 Å². The molecule has 7 nitrogen and oxygen atoms in total. The fraction of sp³-hybridized carbons (Fsp3) is 0.300. The number of nitrogens with zero attached hydrogens (tertiary/aromatic N) is 4. The monoisotopic (exact) mass is 380 g/mol. The summed E-state index contributed by atoms with van der Waals surface area (Å²) in [4.78, 5) is 23.0. The predicted molar refractivity (Wildman–Crippen MR) is 103 cm³/mol. The molecule has 3 aromatic rings. The van der Waals surface area contributed by atoms with Gasteiger partial charge < -0.3 is 5.32 Å². The first kappa shape index (κ1) is 18.2. The molecule has 0 radical (unpaired) electrons. The lowest BCUT2D eigenvalue weighted by Crippen LogP contribution is -2.38. The molecule has 0 aliphatic carbocycles. The summed E-state index contributed by atoms with van der Waals surface area (Å²) in [6.45, 7) is 1.94. The summed E-state index contributed by atoms with van der Waals surface area (Å²) in [6, 6.07) is 9.58. The Hall–Kier alpha value is -3.13. The second kappa shape index (κ2) is 8.26. The number of anilines is 1. The third kappa shape index (κ3) is 4.40. The van der Waals surface area contributed by atoms with Crippen molar-refractivity contribution in [1.29, 1.82) is 0 Å². The molecule has 0 atom stereocenters. The Bertz CT molecular complexity index is 919. The fourth-order valence-electron chi connectivity index (χ4n) is 3.38. The van der Waals surface area contributed by atoms with Crippen LogP contribution in [0.1, 0.15) is 24.6 Å². The van der Waals surface area contributed by atoms with E-state index in [0.29, 0.717) is 24.0 Å². The van der Waals surface area contributed by atoms with Gasteiger partial charge in [0.25, 0.3) is 0 Å². The molecule has 2 aromatic heterocycles. The van der Waals surface area contributed by atoms with Gasteiger partial charge in [-0.1, -0.05) is 0 Å². The third-order valence-corrected chi connectivity index (χ3v) is 4.89. The van der Waals surface area contributed by atoms with Crippen LogP contribution in [-0.2, 0) is 4.79 Å². The van der Waals surface area contributed by atoms with Gasteiger partial charge in [-0.2, -0.15) is 5.10 Å². The Kier molecular flexibility index (Phi) is 5.38. The van der Waals surface area contributed by atoms with Crippen molar-refractivity contribution in [1.82, 2.24) is 25.1 Å². The number of aromatic amines is 1. The lowest BCUT2D eigenvalue weighted by Gasteiger charge is -2.30. The molecule has 28 heavy (non-hydrogen) atoms. The fourth-order valence-corrected chi connectivity index (χ4v) is 3.38.